The molecule has 3 rings (SSSR count). The fourth-order valence-electron chi connectivity index (χ4n) is 3.17. The molecular weight excluding hydrogens is 200 g/mol. The maximum absolute atomic E-state index is 12.3. The molecule has 1 saturated heterocycles. The molecule has 1 spiro atoms. The SMILES string of the molecule is CCN1CCC[C@]12C(=O)Nc1ccccc12. The number of carbonyl (C=O) groups is 1. The Labute approximate surface area is 95.4 Å². The second kappa shape index (κ2) is 3.32. The first-order chi connectivity index (χ1) is 7.79. The van der Waals surface area contributed by atoms with Crippen LogP contribution in [-0.2, 0) is 10.3 Å². The minimum absolute atomic E-state index is 0.160. The van der Waals surface area contributed by atoms with Crippen molar-refractivity contribution in [2.75, 3.05) is 18.4 Å². The largest absolute Gasteiger partial charge is 0.324 e. The van der Waals surface area contributed by atoms with Crippen LogP contribution in [0.15, 0.2) is 24.3 Å². The van der Waals surface area contributed by atoms with Gasteiger partial charge in [-0.15, -0.1) is 0 Å². The second-order valence-electron chi connectivity index (χ2n) is 4.54. The van der Waals surface area contributed by atoms with Crippen LogP contribution in [0, 0.1) is 0 Å². The lowest BCUT2D eigenvalue weighted by atomic mass is 9.88. The van der Waals surface area contributed by atoms with Gasteiger partial charge in [-0.1, -0.05) is 25.1 Å². The Hall–Kier alpha value is -1.35. The number of anilines is 1. The van der Waals surface area contributed by atoms with Gasteiger partial charge < -0.3 is 5.32 Å². The van der Waals surface area contributed by atoms with Gasteiger partial charge in [-0.05, 0) is 32.0 Å². The van der Waals surface area contributed by atoms with Gasteiger partial charge in [-0.25, -0.2) is 0 Å². The number of likely N-dealkylation sites (N-methyl/N-ethyl adjacent to an activating group) is 1. The zero-order chi connectivity index (χ0) is 11.2. The Kier molecular flexibility index (Phi) is 2.04. The van der Waals surface area contributed by atoms with Gasteiger partial charge in [-0.3, -0.25) is 9.69 Å². The fraction of sp³-hybridized carbons (Fsp3) is 0.462. The van der Waals surface area contributed by atoms with E-state index < -0.39 is 0 Å². The van der Waals surface area contributed by atoms with Crippen LogP contribution in [-0.4, -0.2) is 23.9 Å². The molecule has 1 N–H and O–H groups in total. The van der Waals surface area contributed by atoms with Crippen molar-refractivity contribution in [2.45, 2.75) is 25.3 Å². The summed E-state index contributed by atoms with van der Waals surface area (Å²) in [6, 6.07) is 8.08. The molecule has 0 aromatic heterocycles. The first-order valence-corrected chi connectivity index (χ1v) is 5.95. The molecule has 2 heterocycles. The Morgan fingerprint density at radius 2 is 2.25 bits per heavy atom. The number of hydrogen-bond acceptors (Lipinski definition) is 2. The molecule has 1 aromatic carbocycles. The van der Waals surface area contributed by atoms with E-state index >= 15 is 0 Å². The van der Waals surface area contributed by atoms with E-state index in [1.165, 1.54) is 5.56 Å². The summed E-state index contributed by atoms with van der Waals surface area (Å²) in [5.41, 5.74) is 1.79. The van der Waals surface area contributed by atoms with Crippen molar-refractivity contribution in [3.63, 3.8) is 0 Å². The summed E-state index contributed by atoms with van der Waals surface area (Å²) in [6.07, 6.45) is 2.05. The van der Waals surface area contributed by atoms with Crippen LogP contribution >= 0.6 is 0 Å². The number of fused-ring (bicyclic) bond motifs is 2. The Balaban J connectivity index is 2.17. The van der Waals surface area contributed by atoms with Gasteiger partial charge >= 0.3 is 0 Å². The maximum Gasteiger partial charge on any atom is 0.249 e. The number of para-hydroxylation sites is 1. The Morgan fingerprint density at radius 3 is 3.06 bits per heavy atom. The highest BCUT2D eigenvalue weighted by molar-refractivity contribution is 6.06. The van der Waals surface area contributed by atoms with Crippen molar-refractivity contribution in [1.82, 2.24) is 4.90 Å². The topological polar surface area (TPSA) is 32.3 Å². The van der Waals surface area contributed by atoms with Crippen molar-refractivity contribution >= 4 is 11.6 Å². The van der Waals surface area contributed by atoms with Crippen molar-refractivity contribution in [3.05, 3.63) is 29.8 Å². The third kappa shape index (κ3) is 1.04. The molecule has 0 aliphatic carbocycles. The number of carbonyl (C=O) groups excluding carboxylic acids is 1. The van der Waals surface area contributed by atoms with E-state index in [1.807, 2.05) is 18.2 Å². The molecular formula is C13H16N2O. The van der Waals surface area contributed by atoms with Crippen LogP contribution in [0.3, 0.4) is 0 Å². The van der Waals surface area contributed by atoms with Crippen molar-refractivity contribution < 1.29 is 4.79 Å². The molecule has 84 valence electrons. The highest BCUT2D eigenvalue weighted by Crippen LogP contribution is 2.46. The number of nitrogens with zero attached hydrogens (tertiary/aromatic N) is 1. The van der Waals surface area contributed by atoms with Gasteiger partial charge in [0, 0.05) is 11.3 Å². The van der Waals surface area contributed by atoms with Crippen molar-refractivity contribution in [2.24, 2.45) is 0 Å². The van der Waals surface area contributed by atoms with Gasteiger partial charge in [-0.2, -0.15) is 0 Å². The number of nitrogens with one attached hydrogen (secondary N) is 1. The highest BCUT2D eigenvalue weighted by atomic mass is 16.2. The van der Waals surface area contributed by atoms with Gasteiger partial charge in [0.2, 0.25) is 5.91 Å². The fourth-order valence-corrected chi connectivity index (χ4v) is 3.17. The number of benzene rings is 1. The van der Waals surface area contributed by atoms with E-state index in [0.29, 0.717) is 0 Å². The summed E-state index contributed by atoms with van der Waals surface area (Å²) in [6.45, 7) is 4.08. The minimum Gasteiger partial charge on any atom is -0.324 e. The molecule has 1 aromatic rings. The third-order valence-electron chi connectivity index (χ3n) is 3.88. The molecule has 3 heteroatoms. The first-order valence-electron chi connectivity index (χ1n) is 5.95. The molecule has 1 atom stereocenters. The van der Waals surface area contributed by atoms with E-state index in [2.05, 4.69) is 23.2 Å². The summed E-state index contributed by atoms with van der Waals surface area (Å²) in [4.78, 5) is 14.6. The lowest BCUT2D eigenvalue weighted by molar-refractivity contribution is -0.126. The summed E-state index contributed by atoms with van der Waals surface area (Å²) in [5.74, 6) is 0.160. The molecule has 3 nitrogen and oxygen atoms in total. The highest BCUT2D eigenvalue weighted by Gasteiger charge is 2.52. The van der Waals surface area contributed by atoms with Gasteiger partial charge in [0.15, 0.2) is 0 Å². The molecule has 0 unspecified atom stereocenters. The van der Waals surface area contributed by atoms with Crippen LogP contribution in [0.2, 0.25) is 0 Å². The summed E-state index contributed by atoms with van der Waals surface area (Å²) in [5, 5.41) is 3.01. The number of rotatable bonds is 1. The molecule has 16 heavy (non-hydrogen) atoms. The maximum atomic E-state index is 12.3. The van der Waals surface area contributed by atoms with E-state index in [4.69, 9.17) is 0 Å². The molecule has 0 bridgehead atoms. The third-order valence-corrected chi connectivity index (χ3v) is 3.88. The molecule has 1 amide bonds. The summed E-state index contributed by atoms with van der Waals surface area (Å²) < 4.78 is 0. The second-order valence-corrected chi connectivity index (χ2v) is 4.54. The first kappa shape index (κ1) is 9.85. The van der Waals surface area contributed by atoms with Crippen LogP contribution in [0.25, 0.3) is 0 Å². The van der Waals surface area contributed by atoms with Crippen LogP contribution in [0.1, 0.15) is 25.3 Å². The Bertz CT molecular complexity index is 443. The zero-order valence-electron chi connectivity index (χ0n) is 9.49. The minimum atomic E-state index is -0.370. The molecule has 0 saturated carbocycles. The van der Waals surface area contributed by atoms with E-state index in [9.17, 15) is 4.79 Å². The molecule has 0 radical (unpaired) electrons. The van der Waals surface area contributed by atoms with E-state index in [0.717, 1.165) is 31.6 Å². The van der Waals surface area contributed by atoms with Gasteiger partial charge in [0.1, 0.15) is 5.54 Å². The van der Waals surface area contributed by atoms with Crippen molar-refractivity contribution in [1.29, 1.82) is 0 Å². The quantitative estimate of drug-likeness (QED) is 0.778. The lowest BCUT2D eigenvalue weighted by Crippen LogP contribution is -2.46. The van der Waals surface area contributed by atoms with Crippen LogP contribution in [0.4, 0.5) is 5.69 Å². The predicted octanol–water partition coefficient (Wildman–Crippen LogP) is 1.95. The average molecular weight is 216 g/mol. The summed E-state index contributed by atoms with van der Waals surface area (Å²) >= 11 is 0. The molecule has 1 fully saturated rings. The number of hydrogen-bond donors (Lipinski definition) is 1. The van der Waals surface area contributed by atoms with E-state index in [1.54, 1.807) is 0 Å². The monoisotopic (exact) mass is 216 g/mol. The Morgan fingerprint density at radius 1 is 1.44 bits per heavy atom. The predicted molar refractivity (Wildman–Crippen MR) is 63.2 cm³/mol. The zero-order valence-corrected chi connectivity index (χ0v) is 9.49. The number of amides is 1. The van der Waals surface area contributed by atoms with Crippen LogP contribution < -0.4 is 5.32 Å². The van der Waals surface area contributed by atoms with E-state index in [-0.39, 0.29) is 11.4 Å². The standard InChI is InChI=1S/C13H16N2O/c1-2-15-9-5-8-13(15)10-6-3-4-7-11(10)14-12(13)16/h3-4,6-7H,2,5,8-9H2,1H3,(H,14,16)/t13-/m0/s1. The van der Waals surface area contributed by atoms with Crippen molar-refractivity contribution in [3.8, 4) is 0 Å². The van der Waals surface area contributed by atoms with Gasteiger partial charge in [0.05, 0.1) is 0 Å². The molecule has 2 aliphatic heterocycles. The summed E-state index contributed by atoms with van der Waals surface area (Å²) in [7, 11) is 0. The average Bonchev–Trinajstić information content (AvgIpc) is 2.85. The molecule has 2 aliphatic rings. The lowest BCUT2D eigenvalue weighted by Gasteiger charge is -2.32. The number of likely N-dealkylation sites (tertiary alicyclic amines) is 1. The smallest absolute Gasteiger partial charge is 0.249 e. The van der Waals surface area contributed by atoms with Gasteiger partial charge in [0.25, 0.3) is 0 Å². The normalized spacial score (nSPS) is 28.4. The van der Waals surface area contributed by atoms with Crippen LogP contribution in [0.5, 0.6) is 0 Å².